The van der Waals surface area contributed by atoms with Gasteiger partial charge in [-0.2, -0.15) is 0 Å². The van der Waals surface area contributed by atoms with E-state index in [9.17, 15) is 14.4 Å². The minimum absolute atomic E-state index is 0.218. The zero-order chi connectivity index (χ0) is 16.2. The Labute approximate surface area is 124 Å². The highest BCUT2D eigenvalue weighted by Crippen LogP contribution is 2.22. The first-order valence-corrected chi connectivity index (χ1v) is 7.18. The standard InChI is InChI=1S/C14H24N2O5/c1-7(2)5-9(12(17)15-6-8(3)4)16-13(18)10-11(21-10)14(19)20/h7-11H,5-6H2,1-4H3,(H,15,17)(H,16,18)(H,19,20)/t9-,10-,11-/m0/s1. The van der Waals surface area contributed by atoms with Gasteiger partial charge in [-0.3, -0.25) is 9.59 Å². The molecular weight excluding hydrogens is 276 g/mol. The molecule has 0 bridgehead atoms. The summed E-state index contributed by atoms with van der Waals surface area (Å²) in [4.78, 5) is 34.6. The smallest absolute Gasteiger partial charge is 0.336 e. The lowest BCUT2D eigenvalue weighted by molar-refractivity contribution is -0.138. The maximum atomic E-state index is 12.1. The Kier molecular flexibility index (Phi) is 6.14. The van der Waals surface area contributed by atoms with E-state index in [0.717, 1.165) is 0 Å². The Hall–Kier alpha value is -1.63. The van der Waals surface area contributed by atoms with Gasteiger partial charge >= 0.3 is 5.97 Å². The first kappa shape index (κ1) is 17.4. The topological polar surface area (TPSA) is 108 Å². The molecule has 0 spiro atoms. The number of hydrogen-bond donors (Lipinski definition) is 3. The third-order valence-corrected chi connectivity index (χ3v) is 3.02. The maximum Gasteiger partial charge on any atom is 0.336 e. The maximum absolute atomic E-state index is 12.1. The van der Waals surface area contributed by atoms with Crippen molar-refractivity contribution in [2.24, 2.45) is 11.8 Å². The van der Waals surface area contributed by atoms with Crippen LogP contribution in [0.5, 0.6) is 0 Å². The number of rotatable bonds is 8. The summed E-state index contributed by atoms with van der Waals surface area (Å²) in [6.07, 6.45) is -1.60. The van der Waals surface area contributed by atoms with Crippen molar-refractivity contribution in [3.63, 3.8) is 0 Å². The number of epoxide rings is 1. The third kappa shape index (κ3) is 5.71. The lowest BCUT2D eigenvalue weighted by Gasteiger charge is -2.20. The highest BCUT2D eigenvalue weighted by molar-refractivity contribution is 5.95. The molecule has 1 heterocycles. The molecule has 7 heteroatoms. The fraction of sp³-hybridized carbons (Fsp3) is 0.786. The zero-order valence-electron chi connectivity index (χ0n) is 12.9. The van der Waals surface area contributed by atoms with Gasteiger partial charge in [0.05, 0.1) is 0 Å². The summed E-state index contributed by atoms with van der Waals surface area (Å²) in [5.74, 6) is -1.44. The second-order valence-corrected chi connectivity index (χ2v) is 6.15. The van der Waals surface area contributed by atoms with Crippen LogP contribution in [0.2, 0.25) is 0 Å². The highest BCUT2D eigenvalue weighted by Gasteiger charge is 2.51. The van der Waals surface area contributed by atoms with Gasteiger partial charge < -0.3 is 20.5 Å². The molecule has 1 aliphatic rings. The molecule has 0 radical (unpaired) electrons. The number of carbonyl (C=O) groups excluding carboxylic acids is 2. The Bertz CT molecular complexity index is 408. The third-order valence-electron chi connectivity index (χ3n) is 3.02. The van der Waals surface area contributed by atoms with Gasteiger partial charge in [-0.05, 0) is 18.3 Å². The quantitative estimate of drug-likeness (QED) is 0.553. The van der Waals surface area contributed by atoms with Gasteiger partial charge in [0, 0.05) is 6.54 Å². The molecule has 0 aromatic carbocycles. The lowest BCUT2D eigenvalue weighted by Crippen LogP contribution is -2.49. The molecule has 0 aromatic rings. The molecule has 7 nitrogen and oxygen atoms in total. The molecule has 1 saturated heterocycles. The summed E-state index contributed by atoms with van der Waals surface area (Å²) in [5, 5.41) is 14.1. The van der Waals surface area contributed by atoms with E-state index in [2.05, 4.69) is 10.6 Å². The molecule has 21 heavy (non-hydrogen) atoms. The minimum Gasteiger partial charge on any atom is -0.479 e. The number of hydrogen-bond acceptors (Lipinski definition) is 4. The number of amides is 2. The molecule has 1 aliphatic heterocycles. The van der Waals surface area contributed by atoms with E-state index in [1.165, 1.54) is 0 Å². The van der Waals surface area contributed by atoms with Crippen LogP contribution in [0, 0.1) is 11.8 Å². The molecular formula is C14H24N2O5. The van der Waals surface area contributed by atoms with E-state index < -0.39 is 30.1 Å². The summed E-state index contributed by atoms with van der Waals surface area (Å²) in [6, 6.07) is -0.671. The van der Waals surface area contributed by atoms with Crippen molar-refractivity contribution in [1.82, 2.24) is 10.6 Å². The molecule has 0 aromatic heterocycles. The summed E-state index contributed by atoms with van der Waals surface area (Å²) in [6.45, 7) is 8.38. The first-order valence-electron chi connectivity index (χ1n) is 7.18. The molecule has 1 rings (SSSR count). The molecule has 3 atom stereocenters. The monoisotopic (exact) mass is 300 g/mol. The Balaban J connectivity index is 2.55. The fourth-order valence-corrected chi connectivity index (χ4v) is 1.88. The SMILES string of the molecule is CC(C)CNC(=O)[C@H](CC(C)C)NC(=O)[C@H]1O[C@@H]1C(=O)O. The molecule has 0 aliphatic carbocycles. The van der Waals surface area contributed by atoms with Crippen LogP contribution in [0.1, 0.15) is 34.1 Å². The predicted molar refractivity (Wildman–Crippen MR) is 75.5 cm³/mol. The summed E-state index contributed by atoms with van der Waals surface area (Å²) in [7, 11) is 0. The Morgan fingerprint density at radius 2 is 1.71 bits per heavy atom. The van der Waals surface area contributed by atoms with Crippen molar-refractivity contribution in [1.29, 1.82) is 0 Å². The second kappa shape index (κ2) is 7.40. The Morgan fingerprint density at radius 1 is 1.10 bits per heavy atom. The van der Waals surface area contributed by atoms with Crippen molar-refractivity contribution in [2.45, 2.75) is 52.4 Å². The predicted octanol–water partition coefficient (Wildman–Crippen LogP) is 0.142. The van der Waals surface area contributed by atoms with Gasteiger partial charge in [-0.1, -0.05) is 27.7 Å². The van der Waals surface area contributed by atoms with E-state index in [1.807, 2.05) is 27.7 Å². The summed E-state index contributed by atoms with van der Waals surface area (Å²) < 4.78 is 4.78. The lowest BCUT2D eigenvalue weighted by atomic mass is 10.0. The number of carboxylic acid groups (broad SMARTS) is 1. The van der Waals surface area contributed by atoms with Gasteiger partial charge in [0.2, 0.25) is 5.91 Å². The number of nitrogens with one attached hydrogen (secondary N) is 2. The largest absolute Gasteiger partial charge is 0.479 e. The highest BCUT2D eigenvalue weighted by atomic mass is 16.6. The van der Waals surface area contributed by atoms with Crippen LogP contribution in [0.15, 0.2) is 0 Å². The van der Waals surface area contributed by atoms with E-state index in [-0.39, 0.29) is 11.8 Å². The molecule has 3 N–H and O–H groups in total. The molecule has 0 saturated carbocycles. The average Bonchev–Trinajstić information content (AvgIpc) is 3.14. The van der Waals surface area contributed by atoms with Crippen LogP contribution >= 0.6 is 0 Å². The van der Waals surface area contributed by atoms with Crippen LogP contribution in [0.3, 0.4) is 0 Å². The van der Waals surface area contributed by atoms with Gasteiger partial charge in [-0.15, -0.1) is 0 Å². The van der Waals surface area contributed by atoms with Gasteiger partial charge in [-0.25, -0.2) is 4.79 Å². The Morgan fingerprint density at radius 3 is 2.14 bits per heavy atom. The number of ether oxygens (including phenoxy) is 1. The minimum atomic E-state index is -1.17. The van der Waals surface area contributed by atoms with E-state index in [0.29, 0.717) is 18.9 Å². The molecule has 0 unspecified atom stereocenters. The van der Waals surface area contributed by atoms with Crippen molar-refractivity contribution in [3.8, 4) is 0 Å². The summed E-state index contributed by atoms with van der Waals surface area (Å²) >= 11 is 0. The second-order valence-electron chi connectivity index (χ2n) is 6.15. The molecule has 2 amide bonds. The van der Waals surface area contributed by atoms with Crippen molar-refractivity contribution in [3.05, 3.63) is 0 Å². The number of aliphatic carboxylic acids is 1. The van der Waals surface area contributed by atoms with Crippen molar-refractivity contribution < 1.29 is 24.2 Å². The van der Waals surface area contributed by atoms with Gasteiger partial charge in [0.1, 0.15) is 6.04 Å². The molecule has 120 valence electrons. The van der Waals surface area contributed by atoms with Crippen LogP contribution in [0.25, 0.3) is 0 Å². The first-order chi connectivity index (χ1) is 9.72. The van der Waals surface area contributed by atoms with E-state index in [4.69, 9.17) is 9.84 Å². The fourth-order valence-electron chi connectivity index (χ4n) is 1.88. The van der Waals surface area contributed by atoms with Gasteiger partial charge in [0.25, 0.3) is 5.91 Å². The van der Waals surface area contributed by atoms with Crippen LogP contribution in [0.4, 0.5) is 0 Å². The average molecular weight is 300 g/mol. The van der Waals surface area contributed by atoms with Crippen LogP contribution < -0.4 is 10.6 Å². The van der Waals surface area contributed by atoms with Crippen molar-refractivity contribution >= 4 is 17.8 Å². The molecule has 1 fully saturated rings. The summed E-state index contributed by atoms with van der Waals surface area (Å²) in [5.41, 5.74) is 0. The zero-order valence-corrected chi connectivity index (χ0v) is 12.9. The van der Waals surface area contributed by atoms with Crippen molar-refractivity contribution in [2.75, 3.05) is 6.54 Å². The van der Waals surface area contributed by atoms with Gasteiger partial charge in [0.15, 0.2) is 12.2 Å². The normalized spacial score (nSPS) is 22.0. The van der Waals surface area contributed by atoms with Crippen LogP contribution in [-0.2, 0) is 19.1 Å². The number of carbonyl (C=O) groups is 3. The number of carboxylic acids is 1. The van der Waals surface area contributed by atoms with E-state index >= 15 is 0 Å². The van der Waals surface area contributed by atoms with E-state index in [1.54, 1.807) is 0 Å². The van der Waals surface area contributed by atoms with Crippen LogP contribution in [-0.4, -0.2) is 47.7 Å².